The molecule has 1 unspecified atom stereocenters. The lowest BCUT2D eigenvalue weighted by atomic mass is 10.0. The molecule has 1 aromatic heterocycles. The Bertz CT molecular complexity index is 1200. The number of fused-ring (bicyclic) bond motifs is 2. The molecule has 0 aliphatic carbocycles. The number of benzene rings is 2. The number of carbonyl (C=O) groups is 2. The molecule has 1 amide bonds. The van der Waals surface area contributed by atoms with Gasteiger partial charge in [-0.1, -0.05) is 36.4 Å². The summed E-state index contributed by atoms with van der Waals surface area (Å²) in [6.45, 7) is 0. The number of carbonyl (C=O) groups excluding carboxylic acids is 1. The van der Waals surface area contributed by atoms with Crippen LogP contribution in [0.3, 0.4) is 0 Å². The van der Waals surface area contributed by atoms with Gasteiger partial charge in [-0.3, -0.25) is 14.6 Å². The molecular formula is C20H17N3O5. The minimum absolute atomic E-state index is 0.242. The third kappa shape index (κ3) is 2.46. The number of nitrogens with zero attached hydrogens (tertiary/aromatic N) is 3. The van der Waals surface area contributed by atoms with E-state index in [2.05, 4.69) is 0 Å². The lowest BCUT2D eigenvalue weighted by Crippen LogP contribution is -2.52. The molecule has 0 fully saturated rings. The third-order valence-corrected chi connectivity index (χ3v) is 5.10. The predicted octanol–water partition coefficient (Wildman–Crippen LogP) is 1.88. The Hall–Kier alpha value is -3.65. The summed E-state index contributed by atoms with van der Waals surface area (Å²) in [4.78, 5) is 36.4. The van der Waals surface area contributed by atoms with Crippen LogP contribution in [-0.4, -0.2) is 50.8 Å². The van der Waals surface area contributed by atoms with Crippen LogP contribution >= 0.6 is 0 Å². The molecule has 142 valence electrons. The number of aromatic carboxylic acids is 1. The first-order valence-electron chi connectivity index (χ1n) is 8.52. The van der Waals surface area contributed by atoms with Crippen molar-refractivity contribution < 1.29 is 19.8 Å². The fourth-order valence-electron chi connectivity index (χ4n) is 3.56. The van der Waals surface area contributed by atoms with Gasteiger partial charge in [0.05, 0.1) is 0 Å². The Morgan fingerprint density at radius 3 is 2.39 bits per heavy atom. The summed E-state index contributed by atoms with van der Waals surface area (Å²) in [7, 11) is 3.20. The normalized spacial score (nSPS) is 17.0. The molecule has 0 saturated carbocycles. The quantitative estimate of drug-likeness (QED) is 0.705. The summed E-state index contributed by atoms with van der Waals surface area (Å²) in [5.74, 6) is -2.94. The van der Waals surface area contributed by atoms with Crippen molar-refractivity contribution in [1.29, 1.82) is 0 Å². The highest BCUT2D eigenvalue weighted by Crippen LogP contribution is 2.33. The summed E-state index contributed by atoms with van der Waals surface area (Å²) in [6.07, 6.45) is 0.480. The Kier molecular flexibility index (Phi) is 3.93. The highest BCUT2D eigenvalue weighted by Gasteiger charge is 2.38. The Balaban J connectivity index is 2.02. The smallest absolute Gasteiger partial charge is 0.341 e. The lowest BCUT2D eigenvalue weighted by Gasteiger charge is -2.42. The highest BCUT2D eigenvalue weighted by atomic mass is 16.4. The van der Waals surface area contributed by atoms with Gasteiger partial charge in [0.1, 0.15) is 11.7 Å². The SMILES string of the molecule is CN1C(=O)c2c(O)c(=O)c(C(=O)O)cn2C(c2ccc3ccccc3c2)N1C. The minimum Gasteiger partial charge on any atom is -0.503 e. The standard InChI is InChI=1S/C20H17N3O5/c1-21-18(13-8-7-11-5-3-4-6-12(11)9-13)23-10-14(20(27)28)16(24)17(25)15(23)19(26)22(21)2/h3-10,18,25H,1-2H3,(H,27,28). The molecule has 1 aliphatic rings. The maximum atomic E-state index is 12.7. The molecular weight excluding hydrogens is 362 g/mol. The van der Waals surface area contributed by atoms with Crippen LogP contribution in [0.25, 0.3) is 10.8 Å². The molecule has 4 rings (SSSR count). The molecule has 0 saturated heterocycles. The van der Waals surface area contributed by atoms with Gasteiger partial charge in [0.2, 0.25) is 5.43 Å². The number of aromatic nitrogens is 1. The Morgan fingerprint density at radius 1 is 1.04 bits per heavy atom. The van der Waals surface area contributed by atoms with E-state index < -0.39 is 34.8 Å². The number of amides is 1. The molecule has 0 spiro atoms. The molecule has 0 bridgehead atoms. The van der Waals surface area contributed by atoms with E-state index in [1.807, 2.05) is 42.5 Å². The van der Waals surface area contributed by atoms with E-state index in [1.165, 1.54) is 16.6 Å². The molecule has 28 heavy (non-hydrogen) atoms. The highest BCUT2D eigenvalue weighted by molar-refractivity contribution is 5.97. The number of aromatic hydroxyl groups is 1. The fraction of sp³-hybridized carbons (Fsp3) is 0.150. The van der Waals surface area contributed by atoms with Crippen molar-refractivity contribution in [3.8, 4) is 5.75 Å². The Labute approximate surface area is 159 Å². The maximum absolute atomic E-state index is 12.7. The first-order chi connectivity index (χ1) is 13.3. The van der Waals surface area contributed by atoms with Crippen LogP contribution in [0.15, 0.2) is 53.5 Å². The van der Waals surface area contributed by atoms with Crippen molar-refractivity contribution in [3.05, 3.63) is 75.7 Å². The van der Waals surface area contributed by atoms with Gasteiger partial charge in [0.25, 0.3) is 5.91 Å². The first kappa shape index (κ1) is 17.7. The largest absolute Gasteiger partial charge is 0.503 e. The molecule has 0 radical (unpaired) electrons. The van der Waals surface area contributed by atoms with Gasteiger partial charge in [-0.05, 0) is 22.4 Å². The second-order valence-electron chi connectivity index (χ2n) is 6.66. The van der Waals surface area contributed by atoms with Crippen molar-refractivity contribution in [2.24, 2.45) is 0 Å². The predicted molar refractivity (Wildman–Crippen MR) is 101 cm³/mol. The van der Waals surface area contributed by atoms with E-state index in [9.17, 15) is 24.6 Å². The van der Waals surface area contributed by atoms with E-state index in [1.54, 1.807) is 12.1 Å². The van der Waals surface area contributed by atoms with Gasteiger partial charge >= 0.3 is 5.97 Å². The molecule has 2 aromatic carbocycles. The number of hydrazine groups is 1. The van der Waals surface area contributed by atoms with Crippen LogP contribution in [0.5, 0.6) is 5.75 Å². The van der Waals surface area contributed by atoms with Crippen LogP contribution < -0.4 is 5.43 Å². The average molecular weight is 379 g/mol. The third-order valence-electron chi connectivity index (χ3n) is 5.10. The summed E-state index contributed by atoms with van der Waals surface area (Å²) in [5, 5.41) is 24.6. The van der Waals surface area contributed by atoms with Crippen LogP contribution in [0.2, 0.25) is 0 Å². The number of pyridine rings is 1. The molecule has 8 heteroatoms. The molecule has 1 atom stereocenters. The zero-order valence-electron chi connectivity index (χ0n) is 15.2. The van der Waals surface area contributed by atoms with Crippen molar-refractivity contribution in [2.45, 2.75) is 6.17 Å². The summed E-state index contributed by atoms with van der Waals surface area (Å²) in [6, 6.07) is 13.5. The van der Waals surface area contributed by atoms with E-state index in [0.29, 0.717) is 0 Å². The second kappa shape index (κ2) is 6.21. The zero-order valence-corrected chi connectivity index (χ0v) is 15.2. The van der Waals surface area contributed by atoms with E-state index in [-0.39, 0.29) is 5.69 Å². The monoisotopic (exact) mass is 379 g/mol. The van der Waals surface area contributed by atoms with E-state index >= 15 is 0 Å². The summed E-state index contributed by atoms with van der Waals surface area (Å²) in [5.41, 5.74) is -1.16. The molecule has 3 aromatic rings. The van der Waals surface area contributed by atoms with Gasteiger partial charge in [0.15, 0.2) is 11.4 Å². The topological polar surface area (TPSA) is 103 Å². The number of carboxylic acids is 1. The number of rotatable bonds is 2. The van der Waals surface area contributed by atoms with Gasteiger partial charge in [-0.15, -0.1) is 0 Å². The average Bonchev–Trinajstić information content (AvgIpc) is 2.68. The maximum Gasteiger partial charge on any atom is 0.341 e. The van der Waals surface area contributed by atoms with Gasteiger partial charge in [0, 0.05) is 20.3 Å². The molecule has 2 heterocycles. The van der Waals surface area contributed by atoms with Gasteiger partial charge in [-0.25, -0.2) is 4.79 Å². The number of hydrogen-bond acceptors (Lipinski definition) is 5. The van der Waals surface area contributed by atoms with Crippen LogP contribution in [0.4, 0.5) is 0 Å². The number of hydrogen-bond donors (Lipinski definition) is 2. The van der Waals surface area contributed by atoms with E-state index in [4.69, 9.17) is 0 Å². The van der Waals surface area contributed by atoms with Crippen LogP contribution in [-0.2, 0) is 0 Å². The molecule has 1 aliphatic heterocycles. The summed E-state index contributed by atoms with van der Waals surface area (Å²) < 4.78 is 1.34. The zero-order chi connectivity index (χ0) is 20.2. The van der Waals surface area contributed by atoms with Gasteiger partial charge in [-0.2, -0.15) is 5.01 Å². The van der Waals surface area contributed by atoms with Crippen LogP contribution in [0, 0.1) is 0 Å². The molecule has 2 N–H and O–H groups in total. The van der Waals surface area contributed by atoms with Crippen LogP contribution in [0.1, 0.15) is 32.6 Å². The van der Waals surface area contributed by atoms with Crippen molar-refractivity contribution in [3.63, 3.8) is 0 Å². The van der Waals surface area contributed by atoms with E-state index in [0.717, 1.165) is 22.5 Å². The van der Waals surface area contributed by atoms with Gasteiger partial charge < -0.3 is 14.8 Å². The summed E-state index contributed by atoms with van der Waals surface area (Å²) >= 11 is 0. The Morgan fingerprint density at radius 2 is 1.71 bits per heavy atom. The number of carboxylic acid groups (broad SMARTS) is 1. The minimum atomic E-state index is -1.47. The lowest BCUT2D eigenvalue weighted by molar-refractivity contribution is -0.0285. The molecule has 8 nitrogen and oxygen atoms in total. The first-order valence-corrected chi connectivity index (χ1v) is 8.52. The van der Waals surface area contributed by atoms with Crippen molar-refractivity contribution >= 4 is 22.6 Å². The second-order valence-corrected chi connectivity index (χ2v) is 6.66. The van der Waals surface area contributed by atoms with Crippen molar-refractivity contribution in [2.75, 3.05) is 14.1 Å². The fourth-order valence-corrected chi connectivity index (χ4v) is 3.56. The van der Waals surface area contributed by atoms with Crippen molar-refractivity contribution in [1.82, 2.24) is 14.6 Å².